The van der Waals surface area contributed by atoms with E-state index in [9.17, 15) is 14.7 Å². The smallest absolute Gasteiger partial charge is 0.336 e. The number of rotatable bonds is 5. The van der Waals surface area contributed by atoms with Gasteiger partial charge in [-0.3, -0.25) is 4.79 Å². The highest BCUT2D eigenvalue weighted by molar-refractivity contribution is 5.78. The molecular formula is C13H22N2O4. The highest BCUT2D eigenvalue weighted by Gasteiger charge is 2.34. The lowest BCUT2D eigenvalue weighted by Gasteiger charge is -2.28. The molecule has 19 heavy (non-hydrogen) atoms. The zero-order valence-corrected chi connectivity index (χ0v) is 11.2. The molecule has 2 bridgehead atoms. The van der Waals surface area contributed by atoms with Gasteiger partial charge < -0.3 is 20.5 Å². The number of ether oxygens (including phenoxy) is 1. The number of nitrogens with one attached hydrogen (secondary N) is 2. The molecule has 3 unspecified atom stereocenters. The predicted molar refractivity (Wildman–Crippen MR) is 68.3 cm³/mol. The molecule has 0 aromatic carbocycles. The van der Waals surface area contributed by atoms with Crippen LogP contribution in [0, 0.1) is 5.92 Å². The SMILES string of the molecule is COC(=O)C(O)CNC(=O)CC1CC2CCC(C1)N2. The van der Waals surface area contributed by atoms with Crippen LogP contribution in [0.5, 0.6) is 0 Å². The number of aliphatic hydroxyl groups is 1. The van der Waals surface area contributed by atoms with Crippen LogP contribution in [0.1, 0.15) is 32.1 Å². The predicted octanol–water partition coefficient (Wildman–Crippen LogP) is -0.443. The second-order valence-electron chi connectivity index (χ2n) is 5.52. The fourth-order valence-corrected chi connectivity index (χ4v) is 3.11. The lowest BCUT2D eigenvalue weighted by atomic mass is 9.89. The Labute approximate surface area is 112 Å². The van der Waals surface area contributed by atoms with Crippen LogP contribution in [-0.4, -0.2) is 48.8 Å². The summed E-state index contributed by atoms with van der Waals surface area (Å²) < 4.78 is 4.38. The monoisotopic (exact) mass is 270 g/mol. The third-order valence-electron chi connectivity index (χ3n) is 4.01. The first kappa shape index (κ1) is 14.3. The summed E-state index contributed by atoms with van der Waals surface area (Å²) in [5, 5.41) is 15.5. The van der Waals surface area contributed by atoms with Crippen LogP contribution in [0.4, 0.5) is 0 Å². The summed E-state index contributed by atoms with van der Waals surface area (Å²) in [5.41, 5.74) is 0. The maximum absolute atomic E-state index is 11.8. The summed E-state index contributed by atoms with van der Waals surface area (Å²) in [7, 11) is 1.21. The van der Waals surface area contributed by atoms with E-state index in [1.807, 2.05) is 0 Å². The molecule has 0 spiro atoms. The lowest BCUT2D eigenvalue weighted by Crippen LogP contribution is -2.41. The molecule has 6 heteroatoms. The molecule has 108 valence electrons. The molecule has 0 aromatic rings. The van der Waals surface area contributed by atoms with Crippen molar-refractivity contribution in [3.63, 3.8) is 0 Å². The van der Waals surface area contributed by atoms with Gasteiger partial charge in [-0.05, 0) is 31.6 Å². The van der Waals surface area contributed by atoms with E-state index in [1.54, 1.807) is 0 Å². The molecule has 2 heterocycles. The van der Waals surface area contributed by atoms with E-state index in [4.69, 9.17) is 0 Å². The van der Waals surface area contributed by atoms with E-state index in [0.29, 0.717) is 24.4 Å². The zero-order valence-electron chi connectivity index (χ0n) is 11.2. The number of amides is 1. The molecule has 1 amide bonds. The Bertz CT molecular complexity index is 336. The molecule has 2 fully saturated rings. The molecule has 2 rings (SSSR count). The summed E-state index contributed by atoms with van der Waals surface area (Å²) >= 11 is 0. The topological polar surface area (TPSA) is 87.7 Å². The molecule has 6 nitrogen and oxygen atoms in total. The van der Waals surface area contributed by atoms with Gasteiger partial charge in [0.05, 0.1) is 13.7 Å². The first-order valence-corrected chi connectivity index (χ1v) is 6.87. The van der Waals surface area contributed by atoms with Crippen LogP contribution < -0.4 is 10.6 Å². The largest absolute Gasteiger partial charge is 0.467 e. The molecular weight excluding hydrogens is 248 g/mol. The maximum Gasteiger partial charge on any atom is 0.336 e. The van der Waals surface area contributed by atoms with E-state index in [0.717, 1.165) is 12.8 Å². The van der Waals surface area contributed by atoms with Crippen LogP contribution >= 0.6 is 0 Å². The van der Waals surface area contributed by atoms with Crippen molar-refractivity contribution in [2.45, 2.75) is 50.3 Å². The van der Waals surface area contributed by atoms with Crippen molar-refractivity contribution < 1.29 is 19.4 Å². The van der Waals surface area contributed by atoms with Crippen molar-refractivity contribution in [3.05, 3.63) is 0 Å². The molecule has 0 aromatic heterocycles. The Morgan fingerprint density at radius 1 is 1.37 bits per heavy atom. The normalized spacial score (nSPS) is 30.7. The summed E-state index contributed by atoms with van der Waals surface area (Å²) in [4.78, 5) is 22.7. The van der Waals surface area contributed by atoms with Crippen LogP contribution in [0.15, 0.2) is 0 Å². The molecule has 2 saturated heterocycles. The molecule has 3 N–H and O–H groups in total. The van der Waals surface area contributed by atoms with Crippen LogP contribution in [-0.2, 0) is 14.3 Å². The van der Waals surface area contributed by atoms with E-state index in [2.05, 4.69) is 15.4 Å². The van der Waals surface area contributed by atoms with Crippen molar-refractivity contribution in [1.82, 2.24) is 10.6 Å². The van der Waals surface area contributed by atoms with Gasteiger partial charge in [-0.15, -0.1) is 0 Å². The number of carbonyl (C=O) groups excluding carboxylic acids is 2. The Kier molecular flexibility index (Phi) is 4.76. The minimum Gasteiger partial charge on any atom is -0.467 e. The first-order chi connectivity index (χ1) is 9.08. The summed E-state index contributed by atoms with van der Waals surface area (Å²) in [6.45, 7) is -0.0800. The Morgan fingerprint density at radius 2 is 2.00 bits per heavy atom. The Hall–Kier alpha value is -1.14. The number of piperidine rings is 1. The van der Waals surface area contributed by atoms with Gasteiger partial charge in [0.25, 0.3) is 0 Å². The third kappa shape index (κ3) is 3.91. The van der Waals surface area contributed by atoms with Crippen molar-refractivity contribution in [3.8, 4) is 0 Å². The molecule has 3 atom stereocenters. The highest BCUT2D eigenvalue weighted by Crippen LogP contribution is 2.32. The number of esters is 1. The molecule has 0 aliphatic carbocycles. The van der Waals surface area contributed by atoms with Gasteiger partial charge in [0, 0.05) is 18.5 Å². The number of hydrogen-bond acceptors (Lipinski definition) is 5. The van der Waals surface area contributed by atoms with Crippen LogP contribution in [0.25, 0.3) is 0 Å². The number of fused-ring (bicyclic) bond motifs is 2. The average molecular weight is 270 g/mol. The van der Waals surface area contributed by atoms with Gasteiger partial charge in [0.1, 0.15) is 0 Å². The van der Waals surface area contributed by atoms with Crippen molar-refractivity contribution in [1.29, 1.82) is 0 Å². The standard InChI is InChI=1S/C13H22N2O4/c1-19-13(18)11(16)7-14-12(17)6-8-4-9-2-3-10(5-8)15-9/h8-11,15-16H,2-7H2,1H3,(H,14,17). The minimum absolute atomic E-state index is 0.0800. The summed E-state index contributed by atoms with van der Waals surface area (Å²) in [6.07, 6.45) is 3.71. The molecule has 2 aliphatic rings. The van der Waals surface area contributed by atoms with Crippen LogP contribution in [0.3, 0.4) is 0 Å². The van der Waals surface area contributed by atoms with Gasteiger partial charge >= 0.3 is 5.97 Å². The van der Waals surface area contributed by atoms with Gasteiger partial charge in [0.15, 0.2) is 6.10 Å². The quantitative estimate of drug-likeness (QED) is 0.589. The molecule has 2 aliphatic heterocycles. The molecule has 0 saturated carbocycles. The van der Waals surface area contributed by atoms with Crippen LogP contribution in [0.2, 0.25) is 0 Å². The van der Waals surface area contributed by atoms with Gasteiger partial charge in [-0.25, -0.2) is 4.79 Å². The lowest BCUT2D eigenvalue weighted by molar-refractivity contribution is -0.150. The average Bonchev–Trinajstić information content (AvgIpc) is 2.74. The Morgan fingerprint density at radius 3 is 2.58 bits per heavy atom. The number of hydrogen-bond donors (Lipinski definition) is 3. The maximum atomic E-state index is 11.8. The number of carbonyl (C=O) groups is 2. The van der Waals surface area contributed by atoms with Gasteiger partial charge in [-0.1, -0.05) is 0 Å². The van der Waals surface area contributed by atoms with Gasteiger partial charge in [-0.2, -0.15) is 0 Å². The summed E-state index contributed by atoms with van der Waals surface area (Å²) in [6, 6.07) is 1.13. The second-order valence-corrected chi connectivity index (χ2v) is 5.52. The van der Waals surface area contributed by atoms with Crippen molar-refractivity contribution in [2.75, 3.05) is 13.7 Å². The van der Waals surface area contributed by atoms with E-state index >= 15 is 0 Å². The van der Waals surface area contributed by atoms with Gasteiger partial charge in [0.2, 0.25) is 5.91 Å². The number of aliphatic hydroxyl groups excluding tert-OH is 1. The third-order valence-corrected chi connectivity index (χ3v) is 4.01. The van der Waals surface area contributed by atoms with E-state index in [1.165, 1.54) is 20.0 Å². The zero-order chi connectivity index (χ0) is 13.8. The fraction of sp³-hybridized carbons (Fsp3) is 0.846. The first-order valence-electron chi connectivity index (χ1n) is 6.87. The number of methoxy groups -OCH3 is 1. The Balaban J connectivity index is 1.68. The van der Waals surface area contributed by atoms with Crippen molar-refractivity contribution >= 4 is 11.9 Å². The highest BCUT2D eigenvalue weighted by atomic mass is 16.5. The second kappa shape index (κ2) is 6.34. The minimum atomic E-state index is -1.28. The molecule has 0 radical (unpaired) electrons. The van der Waals surface area contributed by atoms with E-state index < -0.39 is 12.1 Å². The summed E-state index contributed by atoms with van der Waals surface area (Å²) in [5.74, 6) is -0.413. The van der Waals surface area contributed by atoms with E-state index in [-0.39, 0.29) is 12.5 Å². The van der Waals surface area contributed by atoms with Crippen molar-refractivity contribution in [2.24, 2.45) is 5.92 Å². The fourth-order valence-electron chi connectivity index (χ4n) is 3.11.